The monoisotopic (exact) mass is 1210 g/mol. The highest BCUT2D eigenvalue weighted by Crippen LogP contribution is 2.34. The minimum absolute atomic E-state index is 0.00663. The first kappa shape index (κ1) is 70.8. The number of nitrogens with one attached hydrogen (secondary N) is 7. The Balaban J connectivity index is 3.79. The van der Waals surface area contributed by atoms with Gasteiger partial charge in [0, 0.05) is 78.4 Å². The number of rotatable bonds is 32. The van der Waals surface area contributed by atoms with E-state index in [1.807, 2.05) is 21.3 Å². The Morgan fingerprint density at radius 1 is 0.436 bits per heavy atom. The highest BCUT2D eigenvalue weighted by atomic mass is 32.3. The maximum absolute atomic E-state index is 14.1. The van der Waals surface area contributed by atoms with E-state index in [1.165, 1.54) is 26.5 Å². The van der Waals surface area contributed by atoms with E-state index < -0.39 is 193 Å². The molecule has 0 saturated carbocycles. The van der Waals surface area contributed by atoms with E-state index in [1.54, 1.807) is 0 Å². The van der Waals surface area contributed by atoms with Crippen LogP contribution in [0.1, 0.15) is 19.8 Å². The third-order valence-corrected chi connectivity index (χ3v) is 13.6. The maximum Gasteiger partial charge on any atom is 0.317 e. The second-order valence-corrected chi connectivity index (χ2v) is 23.5. The SMILES string of the molecule is CCNC(=O)[C@H](CS(O)(O)O)NC(=O)[C@H](CS(=O)(=O)O)NC(=O)CC[C@H](NC(=O)CN1CCN(CC(=O)O)CCN(CC(=O)O)CCN(CC(=O)O)CC1)C(=O)N[C@@H](CS(=O)(=O)O)C(=O)N[C@@H](CS(O)(O)O)C(=O)NCCN. The van der Waals surface area contributed by atoms with Crippen LogP contribution in [-0.2, 0) is 68.2 Å². The lowest BCUT2D eigenvalue weighted by Crippen LogP contribution is -2.60. The Morgan fingerprint density at radius 3 is 1.06 bits per heavy atom. The van der Waals surface area contributed by atoms with Crippen LogP contribution < -0.4 is 43.0 Å². The molecule has 0 unspecified atom stereocenters. The van der Waals surface area contributed by atoms with E-state index in [4.69, 9.17) is 5.73 Å². The molecule has 0 aliphatic carbocycles. The van der Waals surface area contributed by atoms with Gasteiger partial charge in [0.25, 0.3) is 20.2 Å². The van der Waals surface area contributed by atoms with E-state index >= 15 is 0 Å². The first-order chi connectivity index (χ1) is 35.9. The summed E-state index contributed by atoms with van der Waals surface area (Å²) >= 11 is 0. The van der Waals surface area contributed by atoms with Gasteiger partial charge in [0.1, 0.15) is 41.7 Å². The topological polar surface area (TPSA) is 585 Å². The highest BCUT2D eigenvalue weighted by molar-refractivity contribution is 8.19. The van der Waals surface area contributed by atoms with Gasteiger partial charge in [-0.05, 0) is 13.3 Å². The Hall–Kier alpha value is -5.22. The van der Waals surface area contributed by atoms with Gasteiger partial charge in [-0.2, -0.15) is 16.8 Å². The van der Waals surface area contributed by atoms with Gasteiger partial charge in [0.05, 0.1) is 59.4 Å². The van der Waals surface area contributed by atoms with Crippen LogP contribution in [0.4, 0.5) is 0 Å². The molecule has 0 radical (unpaired) electrons. The van der Waals surface area contributed by atoms with Crippen molar-refractivity contribution < 1.29 is 117 Å². The molecular formula is C37H70N12O25S4. The van der Waals surface area contributed by atoms with Crippen molar-refractivity contribution in [1.29, 1.82) is 0 Å². The number of carboxylic acids is 3. The van der Waals surface area contributed by atoms with Gasteiger partial charge in [-0.15, -0.1) is 0 Å². The normalized spacial score (nSPS) is 17.4. The zero-order valence-electron chi connectivity index (χ0n) is 41.9. The van der Waals surface area contributed by atoms with E-state index in [0.717, 1.165) is 0 Å². The number of likely N-dealkylation sites (N-methyl/N-ethyl adjacent to an activating group) is 1. The molecule has 78 heavy (non-hydrogen) atoms. The summed E-state index contributed by atoms with van der Waals surface area (Å²) in [7, 11) is -19.6. The summed E-state index contributed by atoms with van der Waals surface area (Å²) in [4.78, 5) is 135. The lowest BCUT2D eigenvalue weighted by Gasteiger charge is -2.33. The first-order valence-corrected chi connectivity index (χ1v) is 29.6. The molecule has 1 fully saturated rings. The van der Waals surface area contributed by atoms with Crippen LogP contribution in [0, 0.1) is 0 Å². The molecule has 1 aliphatic heterocycles. The molecule has 0 spiro atoms. The van der Waals surface area contributed by atoms with Crippen LogP contribution in [0.2, 0.25) is 0 Å². The zero-order valence-corrected chi connectivity index (χ0v) is 45.1. The molecule has 41 heteroatoms. The first-order valence-electron chi connectivity index (χ1n) is 23.1. The smallest absolute Gasteiger partial charge is 0.317 e. The minimum Gasteiger partial charge on any atom is -0.480 e. The third-order valence-electron chi connectivity index (χ3n) is 10.6. The molecular weight excluding hydrogens is 1140 g/mol. The van der Waals surface area contributed by atoms with Crippen LogP contribution in [-0.4, -0.2) is 299 Å². The molecule has 1 aliphatic rings. The molecule has 0 aromatic carbocycles. The lowest BCUT2D eigenvalue weighted by molar-refractivity contribution is -0.140. The molecule has 1 heterocycles. The summed E-state index contributed by atoms with van der Waals surface area (Å²) in [6.45, 7) is -2.09. The average molecular weight is 1210 g/mol. The second kappa shape index (κ2) is 33.4. The highest BCUT2D eigenvalue weighted by Gasteiger charge is 2.37. The van der Waals surface area contributed by atoms with Crippen LogP contribution in [0.3, 0.4) is 0 Å². The third kappa shape index (κ3) is 32.6. The number of carbonyl (C=O) groups excluding carboxylic acids is 7. The number of carboxylic acid groups (broad SMARTS) is 3. The molecule has 0 aromatic heterocycles. The van der Waals surface area contributed by atoms with Gasteiger partial charge in [-0.3, -0.25) is 76.7 Å². The molecule has 1 saturated heterocycles. The van der Waals surface area contributed by atoms with Gasteiger partial charge in [0.15, 0.2) is 0 Å². The summed E-state index contributed by atoms with van der Waals surface area (Å²) in [6.07, 6.45) is -1.99. The Morgan fingerprint density at radius 2 is 0.744 bits per heavy atom. The number of nitrogens with zero attached hydrogens (tertiary/aromatic N) is 4. The van der Waals surface area contributed by atoms with Crippen molar-refractivity contribution in [2.45, 2.75) is 50.0 Å². The zero-order chi connectivity index (χ0) is 59.8. The number of carbonyl (C=O) groups is 10. The van der Waals surface area contributed by atoms with E-state index in [0.29, 0.717) is 0 Å². The summed E-state index contributed by atoms with van der Waals surface area (Å²) in [5.74, 6) is -19.3. The number of hydrogen-bond acceptors (Lipinski definition) is 25. The second-order valence-electron chi connectivity index (χ2n) is 17.3. The summed E-state index contributed by atoms with van der Waals surface area (Å²) in [6, 6.07) is -11.0. The largest absolute Gasteiger partial charge is 0.480 e. The van der Waals surface area contributed by atoms with Crippen molar-refractivity contribution in [3.8, 4) is 0 Å². The van der Waals surface area contributed by atoms with Crippen molar-refractivity contribution in [3.05, 3.63) is 0 Å². The molecule has 5 atom stereocenters. The molecule has 1 rings (SSSR count). The molecule has 7 amide bonds. The Kier molecular flexibility index (Phi) is 30.3. The number of amides is 7. The minimum atomic E-state index is -5.30. The van der Waals surface area contributed by atoms with Crippen LogP contribution in [0.5, 0.6) is 0 Å². The Labute approximate surface area is 449 Å². The Bertz CT molecular complexity index is 2280. The van der Waals surface area contributed by atoms with E-state index in [9.17, 15) is 117 Å². The van der Waals surface area contributed by atoms with Gasteiger partial charge in [-0.25, -0.2) is 0 Å². The molecule has 0 bridgehead atoms. The predicted octanol–water partition coefficient (Wildman–Crippen LogP) is -7.90. The molecule has 20 N–H and O–H groups in total. The fourth-order valence-corrected chi connectivity index (χ4v) is 9.75. The van der Waals surface area contributed by atoms with Gasteiger partial charge in [-0.1, -0.05) is 0 Å². The lowest BCUT2D eigenvalue weighted by atomic mass is 10.1. The quantitative estimate of drug-likeness (QED) is 0.0278. The summed E-state index contributed by atoms with van der Waals surface area (Å²) in [5.41, 5.74) is 5.36. The molecule has 37 nitrogen and oxygen atoms in total. The molecule has 452 valence electrons. The summed E-state index contributed by atoms with van der Waals surface area (Å²) < 4.78 is 125. The van der Waals surface area contributed by atoms with Crippen LogP contribution >= 0.6 is 21.7 Å². The van der Waals surface area contributed by atoms with Gasteiger partial charge >= 0.3 is 17.9 Å². The fourth-order valence-electron chi connectivity index (χ4n) is 7.07. The van der Waals surface area contributed by atoms with Crippen molar-refractivity contribution in [3.63, 3.8) is 0 Å². The van der Waals surface area contributed by atoms with E-state index in [2.05, 4.69) is 16.0 Å². The fraction of sp³-hybridized carbons (Fsp3) is 0.730. The number of nitrogens with two attached hydrogens (primary N) is 1. The molecule has 0 aromatic rings. The van der Waals surface area contributed by atoms with Crippen LogP contribution in [0.15, 0.2) is 0 Å². The maximum atomic E-state index is 14.1. The van der Waals surface area contributed by atoms with Gasteiger partial charge < -0.3 is 85.6 Å². The van der Waals surface area contributed by atoms with Crippen molar-refractivity contribution >= 4 is 101 Å². The number of hydrogen-bond donors (Lipinski definition) is 19. The van der Waals surface area contributed by atoms with Crippen LogP contribution in [0.25, 0.3) is 0 Å². The van der Waals surface area contributed by atoms with E-state index in [-0.39, 0.29) is 72.0 Å². The standard InChI is InChI=1S/C37H70N12O25S4/c1-2-39-33(58)24(19-75(63,64)65)43-36(61)26(21-77(69,70)71)42-28(50)4-3-23(35(60)45-27(22-78(72,73)74)37(62)44-25(20-76(66,67)68)34(59)40-6-5-38)41-29(51)15-46-7-9-47(16-30(52)53)11-13-49(18-32(56)57)14-12-48(10-8-46)17-31(54)55/h23-27,63-68H,2-22,38H2,1H3,(H,39,58)(H,40,59)(H,41,51)(H,42,50)(H,43,61)(H,44,62)(H,45,60)(H,52,53)(H,54,55)(H,56,57)(H,69,70,71)(H,72,73,74)/t23-,24-,25-,26-,27-/m0/s1. The number of aliphatic carboxylic acids is 3. The van der Waals surface area contributed by atoms with Crippen molar-refractivity contribution in [2.75, 3.05) is 121 Å². The van der Waals surface area contributed by atoms with Gasteiger partial charge in [0.2, 0.25) is 41.4 Å². The van der Waals surface area contributed by atoms with Crippen molar-refractivity contribution in [1.82, 2.24) is 56.8 Å². The average Bonchev–Trinajstić information content (AvgIpc) is 3.27. The summed E-state index contributed by atoms with van der Waals surface area (Å²) in [5, 5.41) is 42.8. The van der Waals surface area contributed by atoms with Crippen molar-refractivity contribution in [2.24, 2.45) is 5.73 Å². The predicted molar refractivity (Wildman–Crippen MR) is 272 cm³/mol.